The lowest BCUT2D eigenvalue weighted by molar-refractivity contribution is -0.132. The standard InChI is InChI=1S/C26H24O4/c1-4-25(20-8-6-5-7-9-20)26(21-10-14-23(15-11-21)29-18(2)27)22-12-16-24(17-13-22)30-19(3)28/h5-17H,4H2,1-3H3. The number of ether oxygens (including phenoxy) is 2. The van der Waals surface area contributed by atoms with Crippen molar-refractivity contribution in [1.29, 1.82) is 0 Å². The van der Waals surface area contributed by atoms with Crippen LogP contribution >= 0.6 is 0 Å². The maximum Gasteiger partial charge on any atom is 0.308 e. The molecule has 152 valence electrons. The van der Waals surface area contributed by atoms with Gasteiger partial charge in [-0.1, -0.05) is 61.5 Å². The van der Waals surface area contributed by atoms with Crippen molar-refractivity contribution in [3.05, 3.63) is 95.6 Å². The number of benzene rings is 3. The number of rotatable bonds is 6. The molecule has 0 heterocycles. The predicted molar refractivity (Wildman–Crippen MR) is 118 cm³/mol. The first-order valence-corrected chi connectivity index (χ1v) is 9.84. The average molecular weight is 400 g/mol. The zero-order chi connectivity index (χ0) is 21.5. The second-order valence-electron chi connectivity index (χ2n) is 6.81. The molecule has 3 aromatic rings. The molecule has 0 amide bonds. The molecular formula is C26H24O4. The monoisotopic (exact) mass is 400 g/mol. The van der Waals surface area contributed by atoms with E-state index in [0.29, 0.717) is 11.5 Å². The topological polar surface area (TPSA) is 52.6 Å². The molecule has 30 heavy (non-hydrogen) atoms. The molecule has 3 rings (SSSR count). The van der Waals surface area contributed by atoms with Gasteiger partial charge in [-0.15, -0.1) is 0 Å². The maximum atomic E-state index is 11.2. The number of hydrogen-bond acceptors (Lipinski definition) is 4. The molecule has 0 N–H and O–H groups in total. The molecule has 0 fully saturated rings. The Labute approximate surface area is 176 Å². The summed E-state index contributed by atoms with van der Waals surface area (Å²) in [6.07, 6.45) is 0.830. The number of esters is 2. The van der Waals surface area contributed by atoms with Crippen LogP contribution in [0.25, 0.3) is 11.1 Å². The van der Waals surface area contributed by atoms with Gasteiger partial charge in [0.25, 0.3) is 0 Å². The van der Waals surface area contributed by atoms with Crippen LogP contribution < -0.4 is 9.47 Å². The second kappa shape index (κ2) is 9.70. The predicted octanol–water partition coefficient (Wildman–Crippen LogP) is 5.91. The van der Waals surface area contributed by atoms with Gasteiger partial charge in [-0.05, 0) is 58.5 Å². The summed E-state index contributed by atoms with van der Waals surface area (Å²) in [7, 11) is 0. The molecule has 0 aromatic heterocycles. The lowest BCUT2D eigenvalue weighted by Gasteiger charge is -2.17. The van der Waals surface area contributed by atoms with Crippen LogP contribution in [-0.2, 0) is 9.59 Å². The van der Waals surface area contributed by atoms with Crippen LogP contribution in [0.2, 0.25) is 0 Å². The van der Waals surface area contributed by atoms with Crippen LogP contribution in [0.4, 0.5) is 0 Å². The van der Waals surface area contributed by atoms with Gasteiger partial charge < -0.3 is 9.47 Å². The van der Waals surface area contributed by atoms with Gasteiger partial charge >= 0.3 is 11.9 Å². The van der Waals surface area contributed by atoms with Gasteiger partial charge in [-0.2, -0.15) is 0 Å². The van der Waals surface area contributed by atoms with Gasteiger partial charge in [0.2, 0.25) is 0 Å². The summed E-state index contributed by atoms with van der Waals surface area (Å²) in [5, 5.41) is 0. The zero-order valence-corrected chi connectivity index (χ0v) is 17.3. The second-order valence-corrected chi connectivity index (χ2v) is 6.81. The Morgan fingerprint density at radius 3 is 1.43 bits per heavy atom. The van der Waals surface area contributed by atoms with E-state index in [1.807, 2.05) is 42.5 Å². The van der Waals surface area contributed by atoms with Gasteiger partial charge in [0.1, 0.15) is 11.5 Å². The highest BCUT2D eigenvalue weighted by atomic mass is 16.5. The summed E-state index contributed by atoms with van der Waals surface area (Å²) >= 11 is 0. The first-order chi connectivity index (χ1) is 14.5. The smallest absolute Gasteiger partial charge is 0.308 e. The van der Waals surface area contributed by atoms with Crippen molar-refractivity contribution in [2.45, 2.75) is 27.2 Å². The molecule has 0 spiro atoms. The zero-order valence-electron chi connectivity index (χ0n) is 17.3. The Morgan fingerprint density at radius 1 is 0.633 bits per heavy atom. The fourth-order valence-corrected chi connectivity index (χ4v) is 3.39. The highest BCUT2D eigenvalue weighted by Crippen LogP contribution is 2.35. The molecule has 0 aliphatic carbocycles. The molecule has 4 heteroatoms. The van der Waals surface area contributed by atoms with Crippen LogP contribution in [0.3, 0.4) is 0 Å². The van der Waals surface area contributed by atoms with Gasteiger partial charge in [0, 0.05) is 13.8 Å². The van der Waals surface area contributed by atoms with E-state index in [-0.39, 0.29) is 11.9 Å². The van der Waals surface area contributed by atoms with E-state index in [9.17, 15) is 9.59 Å². The normalized spacial score (nSPS) is 10.2. The first kappa shape index (κ1) is 21.1. The van der Waals surface area contributed by atoms with E-state index < -0.39 is 0 Å². The molecule has 0 unspecified atom stereocenters. The van der Waals surface area contributed by atoms with Crippen molar-refractivity contribution in [3.8, 4) is 11.5 Å². The van der Waals surface area contributed by atoms with Crippen LogP contribution in [0.1, 0.15) is 43.9 Å². The summed E-state index contributed by atoms with van der Waals surface area (Å²) < 4.78 is 10.4. The van der Waals surface area contributed by atoms with Crippen LogP contribution in [0.5, 0.6) is 11.5 Å². The summed E-state index contributed by atoms with van der Waals surface area (Å²) in [5.74, 6) is 0.318. The number of carbonyl (C=O) groups excluding carboxylic acids is 2. The Balaban J connectivity index is 2.12. The SMILES string of the molecule is CCC(=C(c1ccc(OC(C)=O)cc1)c1ccc(OC(C)=O)cc1)c1ccccc1. The lowest BCUT2D eigenvalue weighted by atomic mass is 9.88. The third-order valence-electron chi connectivity index (χ3n) is 4.59. The number of hydrogen-bond donors (Lipinski definition) is 0. The molecule has 0 saturated carbocycles. The number of carbonyl (C=O) groups is 2. The quantitative estimate of drug-likeness (QED) is 0.293. The molecule has 4 nitrogen and oxygen atoms in total. The van der Waals surface area contributed by atoms with E-state index in [1.54, 1.807) is 24.3 Å². The van der Waals surface area contributed by atoms with E-state index in [0.717, 1.165) is 28.7 Å². The van der Waals surface area contributed by atoms with E-state index in [2.05, 4.69) is 19.1 Å². The summed E-state index contributed by atoms with van der Waals surface area (Å²) in [6.45, 7) is 4.89. The molecule has 3 aromatic carbocycles. The van der Waals surface area contributed by atoms with Crippen molar-refractivity contribution in [3.63, 3.8) is 0 Å². The molecule has 0 bridgehead atoms. The van der Waals surface area contributed by atoms with Crippen molar-refractivity contribution in [1.82, 2.24) is 0 Å². The minimum atomic E-state index is -0.349. The minimum absolute atomic E-state index is 0.349. The largest absolute Gasteiger partial charge is 0.427 e. The van der Waals surface area contributed by atoms with E-state index in [4.69, 9.17) is 9.47 Å². The van der Waals surface area contributed by atoms with E-state index >= 15 is 0 Å². The third-order valence-corrected chi connectivity index (χ3v) is 4.59. The van der Waals surface area contributed by atoms with Crippen molar-refractivity contribution < 1.29 is 19.1 Å². The fourth-order valence-electron chi connectivity index (χ4n) is 3.39. The van der Waals surface area contributed by atoms with Crippen molar-refractivity contribution in [2.75, 3.05) is 0 Å². The van der Waals surface area contributed by atoms with Crippen LogP contribution in [0, 0.1) is 0 Å². The fraction of sp³-hybridized carbons (Fsp3) is 0.154. The van der Waals surface area contributed by atoms with Crippen molar-refractivity contribution in [2.24, 2.45) is 0 Å². The summed E-state index contributed by atoms with van der Waals surface area (Å²) in [4.78, 5) is 22.5. The Morgan fingerprint density at radius 2 is 1.07 bits per heavy atom. The molecule has 0 aliphatic rings. The highest BCUT2D eigenvalue weighted by molar-refractivity contribution is 5.98. The molecule has 0 atom stereocenters. The van der Waals surface area contributed by atoms with Gasteiger partial charge in [0.05, 0.1) is 0 Å². The number of allylic oxidation sites excluding steroid dienone is 1. The van der Waals surface area contributed by atoms with Gasteiger partial charge in [0.15, 0.2) is 0 Å². The molecule has 0 aliphatic heterocycles. The molecule has 0 radical (unpaired) electrons. The Hall–Kier alpha value is -3.66. The highest BCUT2D eigenvalue weighted by Gasteiger charge is 2.14. The summed E-state index contributed by atoms with van der Waals surface area (Å²) in [6, 6.07) is 25.2. The lowest BCUT2D eigenvalue weighted by Crippen LogP contribution is -2.02. The van der Waals surface area contributed by atoms with Gasteiger partial charge in [-0.3, -0.25) is 9.59 Å². The summed E-state index contributed by atoms with van der Waals surface area (Å²) in [5.41, 5.74) is 5.42. The molecule has 0 saturated heterocycles. The maximum absolute atomic E-state index is 11.2. The van der Waals surface area contributed by atoms with Crippen LogP contribution in [-0.4, -0.2) is 11.9 Å². The average Bonchev–Trinajstić information content (AvgIpc) is 2.73. The first-order valence-electron chi connectivity index (χ1n) is 9.84. The molecular weight excluding hydrogens is 376 g/mol. The van der Waals surface area contributed by atoms with E-state index in [1.165, 1.54) is 19.4 Å². The third kappa shape index (κ3) is 5.23. The van der Waals surface area contributed by atoms with Crippen molar-refractivity contribution >= 4 is 23.1 Å². The Kier molecular flexibility index (Phi) is 6.81. The van der Waals surface area contributed by atoms with Crippen LogP contribution in [0.15, 0.2) is 78.9 Å². The minimum Gasteiger partial charge on any atom is -0.427 e. The van der Waals surface area contributed by atoms with Gasteiger partial charge in [-0.25, -0.2) is 0 Å². The Bertz CT molecular complexity index is 985.